The van der Waals surface area contributed by atoms with E-state index in [9.17, 15) is 45.6 Å². The first-order valence-electron chi connectivity index (χ1n) is 17.2. The average molecular weight is 667 g/mol. The normalized spacial score (nSPS) is 48.7. The monoisotopic (exact) mass is 666 g/mol. The highest BCUT2D eigenvalue weighted by molar-refractivity contribution is 5.88. The van der Waals surface area contributed by atoms with Gasteiger partial charge >= 0.3 is 0 Å². The number of hydrogen-bond acceptors (Lipinski definition) is 11. The minimum atomic E-state index is -1.78. The number of ether oxygens (including phenoxy) is 2. The molecule has 1 aliphatic heterocycles. The Kier molecular flexibility index (Phi) is 9.39. The van der Waals surface area contributed by atoms with E-state index in [1.54, 1.807) is 13.8 Å². The van der Waals surface area contributed by atoms with Crippen LogP contribution in [-0.4, -0.2) is 113 Å². The Bertz CT molecular complexity index is 1270. The fourth-order valence-electron chi connectivity index (χ4n) is 10.8. The van der Waals surface area contributed by atoms with Crippen molar-refractivity contribution >= 4 is 5.78 Å². The van der Waals surface area contributed by atoms with E-state index >= 15 is 0 Å². The predicted octanol–water partition coefficient (Wildman–Crippen LogP) is 1.37. The number of hydrogen-bond donors (Lipinski definition) is 8. The van der Waals surface area contributed by atoms with Crippen LogP contribution in [-0.2, 0) is 14.3 Å². The SMILES string of the molecule is CC(C)(O)/C=C/[C@H](O)[C@](C)(O)[C@H]1[C@H](O)C[C@@]2(C)[C@@H]3CC=C4[C@@H](CC[C@@H](O[C@@H]5O[C@H](CO)[C@@H](O)[C@H](O)[C@H]5O)C4(C)C)[C@]3(C)C(=O)C[C@]12C. The van der Waals surface area contributed by atoms with Gasteiger partial charge in [-0.15, -0.1) is 0 Å². The van der Waals surface area contributed by atoms with Crippen LogP contribution in [0.15, 0.2) is 23.8 Å². The number of aliphatic hydroxyl groups is 8. The van der Waals surface area contributed by atoms with Crippen LogP contribution in [0.5, 0.6) is 0 Å². The number of ketones is 1. The van der Waals surface area contributed by atoms with Gasteiger partial charge in [-0.1, -0.05) is 58.4 Å². The minimum Gasteiger partial charge on any atom is -0.394 e. The fourth-order valence-corrected chi connectivity index (χ4v) is 10.8. The molecule has 8 N–H and O–H groups in total. The van der Waals surface area contributed by atoms with Crippen LogP contribution in [0, 0.1) is 39.4 Å². The molecule has 5 aliphatic rings. The summed E-state index contributed by atoms with van der Waals surface area (Å²) in [5, 5.41) is 85.7. The van der Waals surface area contributed by atoms with E-state index in [0.717, 1.165) is 5.57 Å². The zero-order chi connectivity index (χ0) is 35.3. The van der Waals surface area contributed by atoms with Crippen LogP contribution in [0.1, 0.15) is 87.5 Å². The molecule has 0 aromatic carbocycles. The third-order valence-corrected chi connectivity index (χ3v) is 13.6. The van der Waals surface area contributed by atoms with Crippen molar-refractivity contribution in [3.63, 3.8) is 0 Å². The summed E-state index contributed by atoms with van der Waals surface area (Å²) in [4.78, 5) is 14.6. The van der Waals surface area contributed by atoms with Gasteiger partial charge in [0.2, 0.25) is 0 Å². The maximum Gasteiger partial charge on any atom is 0.187 e. The van der Waals surface area contributed by atoms with Crippen molar-refractivity contribution < 1.29 is 55.1 Å². The van der Waals surface area contributed by atoms with Gasteiger partial charge in [0.15, 0.2) is 6.29 Å². The molecular formula is C36H58O11. The number of allylic oxidation sites excluding steroid dienone is 1. The Labute approximate surface area is 278 Å². The summed E-state index contributed by atoms with van der Waals surface area (Å²) >= 11 is 0. The van der Waals surface area contributed by atoms with Gasteiger partial charge in [0, 0.05) is 23.2 Å². The number of Topliss-reactive ketones (excluding diaryl/α,β-unsaturated/α-hetero) is 1. The van der Waals surface area contributed by atoms with E-state index in [4.69, 9.17) is 9.47 Å². The Morgan fingerprint density at radius 3 is 2.23 bits per heavy atom. The molecule has 0 aromatic rings. The number of carbonyl (C=O) groups is 1. The van der Waals surface area contributed by atoms with Gasteiger partial charge in [-0.05, 0) is 69.1 Å². The lowest BCUT2D eigenvalue weighted by atomic mass is 9.38. The van der Waals surface area contributed by atoms with Gasteiger partial charge in [-0.25, -0.2) is 0 Å². The maximum absolute atomic E-state index is 14.6. The topological polar surface area (TPSA) is 197 Å². The number of aliphatic hydroxyl groups excluding tert-OH is 6. The molecule has 15 atom stereocenters. The zero-order valence-electron chi connectivity index (χ0n) is 29.1. The van der Waals surface area contributed by atoms with Gasteiger partial charge < -0.3 is 50.3 Å². The van der Waals surface area contributed by atoms with Crippen LogP contribution < -0.4 is 0 Å². The molecular weight excluding hydrogens is 608 g/mol. The predicted molar refractivity (Wildman–Crippen MR) is 171 cm³/mol. The summed E-state index contributed by atoms with van der Waals surface area (Å²) in [5.74, 6) is -0.997. The summed E-state index contributed by atoms with van der Waals surface area (Å²) in [5.41, 5.74) is -4.64. The second kappa shape index (κ2) is 11.9. The molecule has 268 valence electrons. The van der Waals surface area contributed by atoms with Gasteiger partial charge in [0.25, 0.3) is 0 Å². The van der Waals surface area contributed by atoms with Gasteiger partial charge in [-0.2, -0.15) is 0 Å². The Hall–Kier alpha value is -1.25. The number of carbonyl (C=O) groups excluding carboxylic acids is 1. The van der Waals surface area contributed by atoms with Crippen molar-refractivity contribution in [3.8, 4) is 0 Å². The van der Waals surface area contributed by atoms with Crippen molar-refractivity contribution in [2.75, 3.05) is 6.61 Å². The molecule has 0 unspecified atom stereocenters. The Morgan fingerprint density at radius 2 is 1.64 bits per heavy atom. The first-order valence-corrected chi connectivity index (χ1v) is 17.2. The Morgan fingerprint density at radius 1 is 1.00 bits per heavy atom. The molecule has 0 amide bonds. The van der Waals surface area contributed by atoms with Crippen LogP contribution >= 0.6 is 0 Å². The van der Waals surface area contributed by atoms with Crippen molar-refractivity contribution in [1.82, 2.24) is 0 Å². The summed E-state index contributed by atoms with van der Waals surface area (Å²) in [7, 11) is 0. The highest BCUT2D eigenvalue weighted by Gasteiger charge is 2.74. The van der Waals surface area contributed by atoms with Gasteiger partial charge in [0.05, 0.1) is 30.0 Å². The fraction of sp³-hybridized carbons (Fsp3) is 0.861. The van der Waals surface area contributed by atoms with Crippen molar-refractivity contribution in [1.29, 1.82) is 0 Å². The molecule has 4 fully saturated rings. The van der Waals surface area contributed by atoms with Crippen LogP contribution in [0.25, 0.3) is 0 Å². The van der Waals surface area contributed by atoms with Crippen molar-refractivity contribution in [2.24, 2.45) is 39.4 Å². The molecule has 0 spiro atoms. The van der Waals surface area contributed by atoms with Crippen LogP contribution in [0.3, 0.4) is 0 Å². The van der Waals surface area contributed by atoms with Crippen molar-refractivity contribution in [3.05, 3.63) is 23.8 Å². The molecule has 0 bridgehead atoms. The second-order valence-corrected chi connectivity index (χ2v) is 17.3. The first-order chi connectivity index (χ1) is 21.5. The largest absolute Gasteiger partial charge is 0.394 e. The summed E-state index contributed by atoms with van der Waals surface area (Å²) in [6.45, 7) is 14.3. The molecule has 4 aliphatic carbocycles. The molecule has 11 nitrogen and oxygen atoms in total. The third-order valence-electron chi connectivity index (χ3n) is 13.6. The lowest BCUT2D eigenvalue weighted by molar-refractivity contribution is -0.319. The standard InChI is InChI=1S/C36H58O11/c1-31(2,44)14-13-23(39)36(8,45)29-20(38)15-33(5)22-11-9-18-19(35(22,7)24(40)16-34(29,33)6)10-12-25(32(18,3)4)47-30-28(43)27(42)26(41)21(17-37)46-30/h9,13-14,19-23,25-30,37-39,41-45H,10-12,15-17H2,1-8H3/b14-13+/t19-,20-,21-,22+,23+,25-,26-,27+,28-,29+,30+,33+,34-,35+,36+/m1/s1. The molecule has 0 radical (unpaired) electrons. The summed E-state index contributed by atoms with van der Waals surface area (Å²) < 4.78 is 12.0. The maximum atomic E-state index is 14.6. The Balaban J connectivity index is 1.45. The lowest BCUT2D eigenvalue weighted by Crippen LogP contribution is -2.65. The average Bonchev–Trinajstić information content (AvgIpc) is 3.17. The quantitative estimate of drug-likeness (QED) is 0.183. The molecule has 47 heavy (non-hydrogen) atoms. The van der Waals surface area contributed by atoms with E-state index in [-0.39, 0.29) is 24.0 Å². The third kappa shape index (κ3) is 5.52. The van der Waals surface area contributed by atoms with E-state index in [1.807, 2.05) is 20.8 Å². The molecule has 3 saturated carbocycles. The van der Waals surface area contributed by atoms with Gasteiger partial charge in [0.1, 0.15) is 36.3 Å². The van der Waals surface area contributed by atoms with Crippen molar-refractivity contribution in [2.45, 2.75) is 148 Å². The molecule has 0 aromatic heterocycles. The molecule has 5 rings (SSSR count). The first kappa shape index (κ1) is 37.0. The molecule has 1 saturated heterocycles. The van der Waals surface area contributed by atoms with E-state index in [1.165, 1.54) is 19.1 Å². The smallest absolute Gasteiger partial charge is 0.187 e. The summed E-state index contributed by atoms with van der Waals surface area (Å²) in [6.07, 6.45) is -2.46. The van der Waals surface area contributed by atoms with E-state index < -0.39 is 94.4 Å². The number of fused-ring (bicyclic) bond motifs is 5. The van der Waals surface area contributed by atoms with Crippen LogP contribution in [0.4, 0.5) is 0 Å². The lowest BCUT2D eigenvalue weighted by Gasteiger charge is -2.65. The highest BCUT2D eigenvalue weighted by atomic mass is 16.7. The van der Waals surface area contributed by atoms with E-state index in [0.29, 0.717) is 25.7 Å². The van der Waals surface area contributed by atoms with E-state index in [2.05, 4.69) is 19.9 Å². The minimum absolute atomic E-state index is 0.0681. The van der Waals surface area contributed by atoms with Gasteiger partial charge in [-0.3, -0.25) is 4.79 Å². The number of rotatable bonds is 7. The summed E-state index contributed by atoms with van der Waals surface area (Å²) in [6, 6.07) is 0. The van der Waals surface area contributed by atoms with Crippen LogP contribution in [0.2, 0.25) is 0 Å². The highest BCUT2D eigenvalue weighted by Crippen LogP contribution is 2.74. The molecule has 11 heteroatoms. The zero-order valence-corrected chi connectivity index (χ0v) is 29.1. The second-order valence-electron chi connectivity index (χ2n) is 17.3. The molecule has 1 heterocycles.